The number of para-hydroxylation sites is 3. The number of imide groups is 1. The molecule has 0 saturated heterocycles. The van der Waals surface area contributed by atoms with E-state index in [9.17, 15) is 19.7 Å². The fourth-order valence-electron chi connectivity index (χ4n) is 4.00. The van der Waals surface area contributed by atoms with Crippen LogP contribution < -0.4 is 9.64 Å². The van der Waals surface area contributed by atoms with Gasteiger partial charge in [0.15, 0.2) is 0 Å². The lowest BCUT2D eigenvalue weighted by atomic mass is 9.93. The maximum absolute atomic E-state index is 13.4. The summed E-state index contributed by atoms with van der Waals surface area (Å²) in [4.78, 5) is 38.7. The Balaban J connectivity index is 1.67. The number of rotatable bonds is 4. The molecular weight excluding hydrogens is 408 g/mol. The van der Waals surface area contributed by atoms with Crippen molar-refractivity contribution in [3.8, 4) is 11.5 Å². The van der Waals surface area contributed by atoms with Gasteiger partial charge in [-0.05, 0) is 42.8 Å². The number of hydrogen-bond acceptors (Lipinski definition) is 5. The Morgan fingerprint density at radius 1 is 0.781 bits per heavy atom. The number of carbonyl (C=O) groups is 2. The van der Waals surface area contributed by atoms with E-state index in [1.807, 2.05) is 19.1 Å². The number of anilines is 1. The minimum absolute atomic E-state index is 0.0770. The number of aryl methyl sites for hydroxylation is 1. The molecule has 0 saturated carbocycles. The molecule has 0 unspecified atom stereocenters. The van der Waals surface area contributed by atoms with Crippen molar-refractivity contribution < 1.29 is 19.2 Å². The zero-order valence-corrected chi connectivity index (χ0v) is 16.9. The van der Waals surface area contributed by atoms with Gasteiger partial charge in [-0.25, -0.2) is 4.90 Å². The van der Waals surface area contributed by atoms with Gasteiger partial charge in [0, 0.05) is 28.0 Å². The van der Waals surface area contributed by atoms with Gasteiger partial charge in [-0.3, -0.25) is 19.7 Å². The predicted octanol–water partition coefficient (Wildman–Crippen LogP) is 5.65. The number of nitro benzene ring substituents is 1. The van der Waals surface area contributed by atoms with Crippen LogP contribution >= 0.6 is 0 Å². The van der Waals surface area contributed by atoms with Gasteiger partial charge in [-0.15, -0.1) is 0 Å². The molecule has 0 atom stereocenters. The second kappa shape index (κ2) is 7.31. The number of amides is 2. The molecule has 7 heteroatoms. The quantitative estimate of drug-likeness (QED) is 0.240. The fraction of sp³-hybridized carbons (Fsp3) is 0.0400. The molecular formula is C25H16N2O5. The van der Waals surface area contributed by atoms with E-state index in [-0.39, 0.29) is 11.4 Å². The third kappa shape index (κ3) is 2.91. The lowest BCUT2D eigenvalue weighted by Gasteiger charge is -2.28. The Labute approximate surface area is 182 Å². The van der Waals surface area contributed by atoms with Crippen molar-refractivity contribution in [2.24, 2.45) is 0 Å². The Bertz CT molecular complexity index is 1420. The third-order valence-corrected chi connectivity index (χ3v) is 5.51. The smallest absolute Gasteiger partial charge is 0.311 e. The van der Waals surface area contributed by atoms with E-state index in [1.165, 1.54) is 17.0 Å². The summed E-state index contributed by atoms with van der Waals surface area (Å²) in [7, 11) is 0. The summed E-state index contributed by atoms with van der Waals surface area (Å²) in [6.07, 6.45) is 0. The van der Waals surface area contributed by atoms with Crippen molar-refractivity contribution in [1.29, 1.82) is 0 Å². The van der Waals surface area contributed by atoms with Crippen molar-refractivity contribution in [3.05, 3.63) is 106 Å². The topological polar surface area (TPSA) is 89.8 Å². The second-order valence-corrected chi connectivity index (χ2v) is 7.40. The molecule has 32 heavy (non-hydrogen) atoms. The van der Waals surface area contributed by atoms with Crippen LogP contribution in [-0.2, 0) is 0 Å². The Hall–Kier alpha value is -4.52. The molecule has 5 rings (SSSR count). The minimum Gasteiger partial charge on any atom is -0.449 e. The van der Waals surface area contributed by atoms with Crippen LogP contribution in [0.25, 0.3) is 10.8 Å². The molecule has 0 aliphatic carbocycles. The van der Waals surface area contributed by atoms with Gasteiger partial charge in [-0.2, -0.15) is 0 Å². The van der Waals surface area contributed by atoms with Crippen molar-refractivity contribution in [1.82, 2.24) is 0 Å². The van der Waals surface area contributed by atoms with E-state index < -0.39 is 16.7 Å². The maximum Gasteiger partial charge on any atom is 0.311 e. The lowest BCUT2D eigenvalue weighted by Crippen LogP contribution is -2.40. The number of nitrogens with zero attached hydrogens (tertiary/aromatic N) is 2. The van der Waals surface area contributed by atoms with Crippen LogP contribution in [0.1, 0.15) is 26.3 Å². The number of nitro groups is 1. The molecule has 0 fully saturated rings. The van der Waals surface area contributed by atoms with Crippen molar-refractivity contribution in [2.45, 2.75) is 6.92 Å². The maximum atomic E-state index is 13.4. The number of ether oxygens (including phenoxy) is 1. The number of hydrogen-bond donors (Lipinski definition) is 0. The van der Waals surface area contributed by atoms with Crippen LogP contribution in [-0.4, -0.2) is 16.7 Å². The standard InChI is InChI=1S/C25H16N2O5/c1-15-7-2-3-10-19(15)26-24(28)17-9-6-8-16-21(14-13-18(23(16)17)25(26)29)32-22-12-5-4-11-20(22)27(30)31/h2-14H,1H3. The van der Waals surface area contributed by atoms with E-state index in [0.717, 1.165) is 5.56 Å². The summed E-state index contributed by atoms with van der Waals surface area (Å²) in [6.45, 7) is 1.84. The average molecular weight is 424 g/mol. The SMILES string of the molecule is Cc1ccccc1N1C(=O)c2cccc3c(Oc4ccccc4[N+](=O)[O-])ccc(c23)C1=O. The molecule has 4 aromatic rings. The number of benzene rings is 4. The van der Waals surface area contributed by atoms with E-state index >= 15 is 0 Å². The highest BCUT2D eigenvalue weighted by Crippen LogP contribution is 2.40. The van der Waals surface area contributed by atoms with Crippen molar-refractivity contribution in [2.75, 3.05) is 4.90 Å². The zero-order chi connectivity index (χ0) is 22.4. The van der Waals surface area contributed by atoms with Crippen molar-refractivity contribution in [3.63, 3.8) is 0 Å². The Morgan fingerprint density at radius 3 is 2.22 bits per heavy atom. The third-order valence-electron chi connectivity index (χ3n) is 5.51. The second-order valence-electron chi connectivity index (χ2n) is 7.40. The van der Waals surface area contributed by atoms with Gasteiger partial charge >= 0.3 is 5.69 Å². The summed E-state index contributed by atoms with van der Waals surface area (Å²) < 4.78 is 5.89. The molecule has 0 bridgehead atoms. The summed E-state index contributed by atoms with van der Waals surface area (Å²) >= 11 is 0. The highest BCUT2D eigenvalue weighted by molar-refractivity contribution is 6.36. The molecule has 1 aliphatic heterocycles. The van der Waals surface area contributed by atoms with Gasteiger partial charge in [0.25, 0.3) is 11.8 Å². The largest absolute Gasteiger partial charge is 0.449 e. The number of carbonyl (C=O) groups excluding carboxylic acids is 2. The van der Waals surface area contributed by atoms with Gasteiger partial charge in [0.05, 0.1) is 10.6 Å². The highest BCUT2D eigenvalue weighted by Gasteiger charge is 2.35. The van der Waals surface area contributed by atoms with Crippen LogP contribution in [0, 0.1) is 17.0 Å². The zero-order valence-electron chi connectivity index (χ0n) is 16.9. The van der Waals surface area contributed by atoms with E-state index in [4.69, 9.17) is 4.74 Å². The van der Waals surface area contributed by atoms with Crippen LogP contribution in [0.3, 0.4) is 0 Å². The molecule has 7 nitrogen and oxygen atoms in total. The molecule has 156 valence electrons. The molecule has 0 aromatic heterocycles. The first-order valence-electron chi connectivity index (χ1n) is 9.89. The predicted molar refractivity (Wildman–Crippen MR) is 119 cm³/mol. The van der Waals surface area contributed by atoms with Gasteiger partial charge < -0.3 is 4.74 Å². The molecule has 1 aliphatic rings. The first kappa shape index (κ1) is 19.4. The van der Waals surface area contributed by atoms with Crippen molar-refractivity contribution >= 4 is 34.0 Å². The summed E-state index contributed by atoms with van der Waals surface area (Å²) in [5.74, 6) is -0.450. The van der Waals surface area contributed by atoms with Crippen LogP contribution in [0.15, 0.2) is 78.9 Å². The van der Waals surface area contributed by atoms with Gasteiger partial charge in [-0.1, -0.05) is 42.5 Å². The molecule has 0 radical (unpaired) electrons. The summed E-state index contributed by atoms with van der Waals surface area (Å²) in [5.41, 5.74) is 1.90. The van der Waals surface area contributed by atoms with Crippen LogP contribution in [0.2, 0.25) is 0 Å². The van der Waals surface area contributed by atoms with Crippen LogP contribution in [0.4, 0.5) is 11.4 Å². The van der Waals surface area contributed by atoms with E-state index in [1.54, 1.807) is 54.6 Å². The van der Waals surface area contributed by atoms with Gasteiger partial charge in [0.1, 0.15) is 5.75 Å². The Morgan fingerprint density at radius 2 is 1.47 bits per heavy atom. The van der Waals surface area contributed by atoms with E-state index in [2.05, 4.69) is 0 Å². The first-order chi connectivity index (χ1) is 15.5. The molecule has 2 amide bonds. The Kier molecular flexibility index (Phi) is 4.44. The van der Waals surface area contributed by atoms with Gasteiger partial charge in [0.2, 0.25) is 5.75 Å². The van der Waals surface area contributed by atoms with Crippen LogP contribution in [0.5, 0.6) is 11.5 Å². The lowest BCUT2D eigenvalue weighted by molar-refractivity contribution is -0.385. The normalized spacial score (nSPS) is 12.8. The first-order valence-corrected chi connectivity index (χ1v) is 9.89. The molecule has 0 N–H and O–H groups in total. The molecule has 4 aromatic carbocycles. The average Bonchev–Trinajstić information content (AvgIpc) is 2.79. The van der Waals surface area contributed by atoms with E-state index in [0.29, 0.717) is 33.3 Å². The molecule has 1 heterocycles. The summed E-state index contributed by atoms with van der Waals surface area (Å²) in [5, 5.41) is 12.4. The highest BCUT2D eigenvalue weighted by atomic mass is 16.6. The fourth-order valence-corrected chi connectivity index (χ4v) is 4.00. The summed E-state index contributed by atoms with van der Waals surface area (Å²) in [6, 6.07) is 21.6. The molecule has 0 spiro atoms. The minimum atomic E-state index is -0.520. The monoisotopic (exact) mass is 424 g/mol.